The van der Waals surface area contributed by atoms with Crippen molar-refractivity contribution in [1.82, 2.24) is 14.8 Å². The van der Waals surface area contributed by atoms with Gasteiger partial charge in [-0.05, 0) is 115 Å². The smallest absolute Gasteiger partial charge is 0.387 e. The number of nitrogens with zero attached hydrogens (tertiary/aromatic N) is 3. The Labute approximate surface area is 408 Å². The highest BCUT2D eigenvalue weighted by Gasteiger charge is 2.38. The van der Waals surface area contributed by atoms with Crippen LogP contribution in [0, 0.1) is 11.8 Å². The summed E-state index contributed by atoms with van der Waals surface area (Å²) in [5.74, 6) is 0.0452. The van der Waals surface area contributed by atoms with E-state index in [0.717, 1.165) is 62.0 Å². The first-order chi connectivity index (χ1) is 33.0. The van der Waals surface area contributed by atoms with Gasteiger partial charge < -0.3 is 23.7 Å². The van der Waals surface area contributed by atoms with Gasteiger partial charge in [0.15, 0.2) is 16.9 Å². The lowest BCUT2D eigenvalue weighted by molar-refractivity contribution is -0.159. The number of aromatic nitrogens is 1. The molecule has 0 unspecified atom stereocenters. The molecule has 5 heterocycles. The number of halogens is 4. The molecule has 5 fully saturated rings. The van der Waals surface area contributed by atoms with Crippen molar-refractivity contribution >= 4 is 52.9 Å². The molecule has 16 heteroatoms. The second-order valence-electron chi connectivity index (χ2n) is 17.7. The Kier molecular flexibility index (Phi) is 15.5. The molecule has 4 saturated heterocycles. The number of carbonyl (C=O) groups is 3. The molecular weight excluding hydrogens is 936 g/mol. The van der Waals surface area contributed by atoms with E-state index in [4.69, 9.17) is 46.9 Å². The summed E-state index contributed by atoms with van der Waals surface area (Å²) in [5, 5.41) is -0.161. The van der Waals surface area contributed by atoms with Gasteiger partial charge in [0.25, 0.3) is 0 Å². The molecule has 10 rings (SSSR count). The van der Waals surface area contributed by atoms with Crippen molar-refractivity contribution in [2.24, 2.45) is 11.8 Å². The van der Waals surface area contributed by atoms with Crippen LogP contribution in [0.4, 0.5) is 8.78 Å². The van der Waals surface area contributed by atoms with E-state index in [2.05, 4.69) is 9.88 Å². The third kappa shape index (κ3) is 12.1. The predicted molar refractivity (Wildman–Crippen MR) is 255 cm³/mol. The lowest BCUT2D eigenvalue weighted by Crippen LogP contribution is -2.52. The van der Waals surface area contributed by atoms with Crippen LogP contribution in [0.1, 0.15) is 82.3 Å². The molecule has 0 radical (unpaired) electrons. The summed E-state index contributed by atoms with van der Waals surface area (Å²) in [5.41, 5.74) is 3.84. The maximum absolute atomic E-state index is 14.2. The number of fused-ring (bicyclic) bond motifs is 3. The van der Waals surface area contributed by atoms with Crippen molar-refractivity contribution in [3.8, 4) is 17.2 Å². The van der Waals surface area contributed by atoms with Gasteiger partial charge in [0.1, 0.15) is 18.0 Å². The Balaban J connectivity index is 0.877. The van der Waals surface area contributed by atoms with Gasteiger partial charge in [0, 0.05) is 50.1 Å². The monoisotopic (exact) mass is 985 g/mol. The number of carbonyl (C=O) groups excluding carboxylic acids is 3. The Bertz CT molecular complexity index is 2560. The highest BCUT2D eigenvalue weighted by Crippen LogP contribution is 2.40. The number of hydrogen-bond acceptors (Lipinski definition) is 12. The summed E-state index contributed by atoms with van der Waals surface area (Å²) in [4.78, 5) is 49.8. The fraction of sp³-hybridized carbons (Fsp3) is 0.385. The van der Waals surface area contributed by atoms with E-state index in [1.54, 1.807) is 42.5 Å². The maximum atomic E-state index is 14.2. The highest BCUT2D eigenvalue weighted by atomic mass is 35.5. The summed E-state index contributed by atoms with van der Waals surface area (Å²) in [7, 11) is 0. The van der Waals surface area contributed by atoms with Crippen LogP contribution in [0.3, 0.4) is 0 Å². The molecule has 4 atom stereocenters. The van der Waals surface area contributed by atoms with Crippen LogP contribution in [0.25, 0.3) is 0 Å². The third-order valence-corrected chi connectivity index (χ3v) is 14.9. The quantitative estimate of drug-likeness (QED) is 0.0579. The molecule has 356 valence electrons. The van der Waals surface area contributed by atoms with Crippen molar-refractivity contribution in [1.29, 1.82) is 0 Å². The number of alkyl halides is 2. The minimum absolute atomic E-state index is 0.0622. The number of esters is 3. The SMILES string of the molecule is O=C(C[C@@H](c1ccccc1)c1cccc(OC(=O)c2cccc(CN3CCS[C@H]3C(=O)O[C@@H](Cc3c(Cl)cncc3Cl)c3ccc(OC(F)F)c(OCC4CC4)c3)c2)c1)O[C@H]1CN2CCC1CC2. The lowest BCUT2D eigenvalue weighted by Gasteiger charge is -2.44. The molecule has 4 aromatic carbocycles. The third-order valence-electron chi connectivity index (χ3n) is 13.0. The molecule has 5 aliphatic rings. The molecule has 5 aromatic rings. The highest BCUT2D eigenvalue weighted by molar-refractivity contribution is 8.00. The Hall–Kier alpha value is -5.25. The minimum Gasteiger partial charge on any atom is -0.489 e. The predicted octanol–water partition coefficient (Wildman–Crippen LogP) is 10.6. The van der Waals surface area contributed by atoms with Gasteiger partial charge in [-0.1, -0.05) is 83.9 Å². The normalized spacial score (nSPS) is 21.0. The lowest BCUT2D eigenvalue weighted by atomic mass is 9.85. The van der Waals surface area contributed by atoms with E-state index in [0.29, 0.717) is 59.7 Å². The van der Waals surface area contributed by atoms with Gasteiger partial charge in [-0.3, -0.25) is 19.6 Å². The van der Waals surface area contributed by atoms with Crippen LogP contribution in [0.5, 0.6) is 17.2 Å². The molecule has 2 bridgehead atoms. The topological polar surface area (TPSA) is 117 Å². The maximum Gasteiger partial charge on any atom is 0.387 e. The standard InChI is InChI=1S/C52H51Cl2F2N3O8S/c53-42-27-57-28-43(54)41(42)25-45(37-14-15-44(67-52(55)56)46(24-37)63-31-32-12-13-32)66-51(62)49-59(20-21-68-49)29-33-6-4-10-38(22-33)50(61)64-39-11-5-9-36(23-39)40(34-7-2-1-3-8-34)26-48(60)65-47-30-58-18-16-35(47)17-19-58/h1-11,14-15,22-24,27-28,32,35,40,45,47,49,52H,12-13,16-21,25-26,29-31H2/t40-,45-,47-,49-/m0/s1. The summed E-state index contributed by atoms with van der Waals surface area (Å²) in [6.07, 6.45) is 6.13. The van der Waals surface area contributed by atoms with Crippen molar-refractivity contribution in [3.63, 3.8) is 0 Å². The average molecular weight is 987 g/mol. The number of thioether (sulfide) groups is 1. The molecule has 68 heavy (non-hydrogen) atoms. The van der Waals surface area contributed by atoms with Crippen molar-refractivity contribution in [3.05, 3.63) is 153 Å². The fourth-order valence-corrected chi connectivity index (χ4v) is 10.8. The molecule has 4 aliphatic heterocycles. The van der Waals surface area contributed by atoms with E-state index in [1.165, 1.54) is 30.2 Å². The van der Waals surface area contributed by atoms with E-state index < -0.39 is 30.0 Å². The number of rotatable bonds is 19. The molecular formula is C52H51Cl2F2N3O8S. The molecule has 11 nitrogen and oxygen atoms in total. The second-order valence-corrected chi connectivity index (χ2v) is 19.7. The van der Waals surface area contributed by atoms with Crippen LogP contribution in [0.2, 0.25) is 10.0 Å². The molecule has 0 amide bonds. The zero-order valence-electron chi connectivity index (χ0n) is 37.2. The van der Waals surface area contributed by atoms with Crippen LogP contribution in [-0.4, -0.2) is 89.3 Å². The van der Waals surface area contributed by atoms with E-state index in [9.17, 15) is 23.2 Å². The van der Waals surface area contributed by atoms with Crippen molar-refractivity contribution in [2.45, 2.75) is 75.2 Å². The number of ether oxygens (including phenoxy) is 5. The van der Waals surface area contributed by atoms with Crippen molar-refractivity contribution < 1.29 is 46.8 Å². The molecule has 1 aliphatic carbocycles. The first kappa shape index (κ1) is 47.8. The van der Waals surface area contributed by atoms with E-state index >= 15 is 0 Å². The van der Waals surface area contributed by atoms with Gasteiger partial charge in [-0.15, -0.1) is 11.8 Å². The average Bonchev–Trinajstić information content (AvgIpc) is 4.06. The first-order valence-electron chi connectivity index (χ1n) is 23.0. The summed E-state index contributed by atoms with van der Waals surface area (Å²) in [6, 6.07) is 28.6. The Morgan fingerprint density at radius 1 is 0.809 bits per heavy atom. The molecule has 0 N–H and O–H groups in total. The number of pyridine rings is 1. The van der Waals surface area contributed by atoms with E-state index in [-0.39, 0.29) is 52.4 Å². The van der Waals surface area contributed by atoms with Crippen LogP contribution in [0.15, 0.2) is 109 Å². The van der Waals surface area contributed by atoms with Crippen LogP contribution < -0.4 is 14.2 Å². The number of hydrogen-bond donors (Lipinski definition) is 0. The Morgan fingerprint density at radius 2 is 1.57 bits per heavy atom. The minimum atomic E-state index is -3.07. The summed E-state index contributed by atoms with van der Waals surface area (Å²) < 4.78 is 55.8. The number of benzene rings is 4. The van der Waals surface area contributed by atoms with Gasteiger partial charge in [-0.2, -0.15) is 8.78 Å². The summed E-state index contributed by atoms with van der Waals surface area (Å²) >= 11 is 14.5. The molecule has 1 aromatic heterocycles. The first-order valence-corrected chi connectivity index (χ1v) is 24.8. The molecule has 1 saturated carbocycles. The Morgan fingerprint density at radius 3 is 2.31 bits per heavy atom. The van der Waals surface area contributed by atoms with Gasteiger partial charge >= 0.3 is 24.5 Å². The van der Waals surface area contributed by atoms with Gasteiger partial charge in [-0.25, -0.2) is 9.59 Å². The van der Waals surface area contributed by atoms with Crippen LogP contribution >= 0.6 is 35.0 Å². The summed E-state index contributed by atoms with van der Waals surface area (Å²) in [6.45, 7) is 1.05. The zero-order valence-corrected chi connectivity index (χ0v) is 39.5. The molecule has 0 spiro atoms. The van der Waals surface area contributed by atoms with E-state index in [1.807, 2.05) is 53.4 Å². The largest absolute Gasteiger partial charge is 0.489 e. The zero-order chi connectivity index (χ0) is 47.1. The fourth-order valence-electron chi connectivity index (χ4n) is 9.18. The van der Waals surface area contributed by atoms with Crippen LogP contribution in [-0.2, 0) is 32.0 Å². The van der Waals surface area contributed by atoms with Crippen molar-refractivity contribution in [2.75, 3.05) is 38.5 Å². The second kappa shape index (κ2) is 22.0. The van der Waals surface area contributed by atoms with Gasteiger partial charge in [0.05, 0.1) is 28.6 Å². The van der Waals surface area contributed by atoms with Gasteiger partial charge in [0.2, 0.25) is 0 Å². The number of piperidine rings is 3.